The quantitative estimate of drug-likeness (QED) is 0.522. The third-order valence-corrected chi connectivity index (χ3v) is 4.12. The van der Waals surface area contributed by atoms with Gasteiger partial charge in [-0.25, -0.2) is 4.39 Å². The molecule has 0 aliphatic rings. The van der Waals surface area contributed by atoms with Crippen LogP contribution in [0.3, 0.4) is 0 Å². The summed E-state index contributed by atoms with van der Waals surface area (Å²) < 4.78 is 24.9. The lowest BCUT2D eigenvalue weighted by Gasteiger charge is -2.08. The van der Waals surface area contributed by atoms with Gasteiger partial charge in [-0.05, 0) is 29.8 Å². The lowest BCUT2D eigenvalue weighted by Crippen LogP contribution is -2.22. The zero-order chi connectivity index (χ0) is 20.1. The lowest BCUT2D eigenvalue weighted by molar-refractivity contribution is 0.0914. The highest BCUT2D eigenvalue weighted by atomic mass is 19.1. The molecule has 0 saturated carbocycles. The van der Waals surface area contributed by atoms with E-state index in [2.05, 4.69) is 15.5 Å². The van der Waals surface area contributed by atoms with E-state index in [9.17, 15) is 9.18 Å². The molecular weight excluding hydrogens is 373 g/mol. The van der Waals surface area contributed by atoms with Crippen LogP contribution >= 0.6 is 0 Å². The molecule has 0 aliphatic heterocycles. The average molecular weight is 389 g/mol. The Kier molecular flexibility index (Phi) is 5.29. The number of hydrogen-bond donors (Lipinski definition) is 1. The first kappa shape index (κ1) is 18.4. The minimum absolute atomic E-state index is 0.0795. The van der Waals surface area contributed by atoms with E-state index in [0.29, 0.717) is 17.0 Å². The largest absolute Gasteiger partial charge is 0.453 e. The lowest BCUT2D eigenvalue weighted by atomic mass is 10.1. The minimum Gasteiger partial charge on any atom is -0.453 e. The highest BCUT2D eigenvalue weighted by molar-refractivity contribution is 5.92. The molecule has 0 saturated heterocycles. The second-order valence-corrected chi connectivity index (χ2v) is 6.18. The van der Waals surface area contributed by atoms with Crippen LogP contribution in [-0.2, 0) is 6.54 Å². The number of nitrogens with one attached hydrogen (secondary N) is 1. The number of pyridine rings is 1. The Morgan fingerprint density at radius 1 is 1.07 bits per heavy atom. The van der Waals surface area contributed by atoms with Crippen molar-refractivity contribution in [2.45, 2.75) is 6.54 Å². The number of aromatic nitrogens is 2. The van der Waals surface area contributed by atoms with Crippen LogP contribution in [-0.4, -0.2) is 16.0 Å². The molecule has 2 aromatic heterocycles. The minimum atomic E-state index is -0.536. The Balaban J connectivity index is 1.38. The van der Waals surface area contributed by atoms with Crippen molar-refractivity contribution in [1.29, 1.82) is 0 Å². The third kappa shape index (κ3) is 4.47. The number of hydrogen-bond acceptors (Lipinski definition) is 5. The van der Waals surface area contributed by atoms with Crippen molar-refractivity contribution in [3.05, 3.63) is 96.3 Å². The van der Waals surface area contributed by atoms with Gasteiger partial charge in [0.1, 0.15) is 11.4 Å². The van der Waals surface area contributed by atoms with Crippen LogP contribution in [0.2, 0.25) is 0 Å². The zero-order valence-electron chi connectivity index (χ0n) is 15.2. The van der Waals surface area contributed by atoms with Gasteiger partial charge in [0.2, 0.25) is 5.76 Å². The molecule has 2 aromatic carbocycles. The summed E-state index contributed by atoms with van der Waals surface area (Å²) in [6.45, 7) is 0.129. The van der Waals surface area contributed by atoms with Crippen molar-refractivity contribution in [2.75, 3.05) is 0 Å². The molecule has 1 amide bonds. The third-order valence-electron chi connectivity index (χ3n) is 4.12. The topological polar surface area (TPSA) is 77.2 Å². The van der Waals surface area contributed by atoms with Gasteiger partial charge in [0, 0.05) is 24.4 Å². The van der Waals surface area contributed by atoms with E-state index in [1.165, 1.54) is 18.3 Å². The molecule has 0 fully saturated rings. The molecule has 4 aromatic rings. The number of rotatable bonds is 6. The standard InChI is InChI=1S/C22H16FN3O3/c23-18-11-15(8-9-20(18)28-17-7-4-10-24-14-17)13-25-22(27)21-12-19(26-29-21)16-5-2-1-3-6-16/h1-12,14H,13H2,(H,25,27). The monoisotopic (exact) mass is 389 g/mol. The fraction of sp³-hybridized carbons (Fsp3) is 0.0455. The van der Waals surface area contributed by atoms with Gasteiger partial charge in [-0.1, -0.05) is 41.6 Å². The molecule has 1 N–H and O–H groups in total. The fourth-order valence-electron chi connectivity index (χ4n) is 2.67. The number of nitrogens with zero attached hydrogens (tertiary/aromatic N) is 2. The van der Waals surface area contributed by atoms with Crippen molar-refractivity contribution in [3.8, 4) is 22.8 Å². The van der Waals surface area contributed by atoms with Gasteiger partial charge in [-0.2, -0.15) is 0 Å². The molecule has 7 heteroatoms. The van der Waals surface area contributed by atoms with Gasteiger partial charge in [0.05, 0.1) is 6.20 Å². The van der Waals surface area contributed by atoms with Gasteiger partial charge in [-0.3, -0.25) is 9.78 Å². The maximum absolute atomic E-state index is 14.3. The maximum atomic E-state index is 14.3. The molecule has 0 aliphatic carbocycles. The van der Waals surface area contributed by atoms with Gasteiger partial charge in [0.15, 0.2) is 11.6 Å². The molecule has 0 bridgehead atoms. The van der Waals surface area contributed by atoms with E-state index in [1.807, 2.05) is 30.3 Å². The summed E-state index contributed by atoms with van der Waals surface area (Å²) in [7, 11) is 0. The number of benzene rings is 2. The molecule has 4 rings (SSSR count). The van der Waals surface area contributed by atoms with Gasteiger partial charge in [0.25, 0.3) is 5.91 Å². The SMILES string of the molecule is O=C(NCc1ccc(Oc2cccnc2)c(F)c1)c1cc(-c2ccccc2)no1. The highest BCUT2D eigenvalue weighted by Gasteiger charge is 2.14. The molecule has 2 heterocycles. The van der Waals surface area contributed by atoms with Crippen LogP contribution in [0.1, 0.15) is 16.1 Å². The van der Waals surface area contributed by atoms with Crippen molar-refractivity contribution in [3.63, 3.8) is 0 Å². The second kappa shape index (κ2) is 8.35. The van der Waals surface area contributed by atoms with Gasteiger partial charge >= 0.3 is 0 Å². The molecule has 6 nitrogen and oxygen atoms in total. The molecular formula is C22H16FN3O3. The number of amides is 1. The van der Waals surface area contributed by atoms with Crippen molar-refractivity contribution < 1.29 is 18.4 Å². The Hall–Kier alpha value is -4.00. The Morgan fingerprint density at radius 2 is 1.93 bits per heavy atom. The zero-order valence-corrected chi connectivity index (χ0v) is 15.2. The van der Waals surface area contributed by atoms with E-state index < -0.39 is 11.7 Å². The van der Waals surface area contributed by atoms with E-state index in [-0.39, 0.29) is 18.1 Å². The summed E-state index contributed by atoms with van der Waals surface area (Å²) >= 11 is 0. The van der Waals surface area contributed by atoms with Crippen LogP contribution in [0.4, 0.5) is 4.39 Å². The van der Waals surface area contributed by atoms with E-state index in [0.717, 1.165) is 5.56 Å². The molecule has 0 spiro atoms. The predicted molar refractivity (Wildman–Crippen MR) is 104 cm³/mol. The smallest absolute Gasteiger partial charge is 0.290 e. The molecule has 0 unspecified atom stereocenters. The normalized spacial score (nSPS) is 10.5. The van der Waals surface area contributed by atoms with E-state index in [4.69, 9.17) is 9.26 Å². The number of carbonyl (C=O) groups excluding carboxylic acids is 1. The molecule has 0 atom stereocenters. The summed E-state index contributed by atoms with van der Waals surface area (Å²) in [5.74, 6) is -0.369. The second-order valence-electron chi connectivity index (χ2n) is 6.18. The average Bonchev–Trinajstić information content (AvgIpc) is 3.26. The molecule has 144 valence electrons. The molecule has 0 radical (unpaired) electrons. The predicted octanol–water partition coefficient (Wildman–Crippen LogP) is 4.60. The molecule has 29 heavy (non-hydrogen) atoms. The van der Waals surface area contributed by atoms with Crippen LogP contribution in [0.15, 0.2) is 83.6 Å². The first-order valence-electron chi connectivity index (χ1n) is 8.86. The van der Waals surface area contributed by atoms with E-state index >= 15 is 0 Å². The number of carbonyl (C=O) groups is 1. The first-order valence-corrected chi connectivity index (χ1v) is 8.86. The van der Waals surface area contributed by atoms with Crippen LogP contribution in [0, 0.1) is 5.82 Å². The van der Waals surface area contributed by atoms with Crippen LogP contribution in [0.25, 0.3) is 11.3 Å². The number of ether oxygens (including phenoxy) is 1. The van der Waals surface area contributed by atoms with Crippen molar-refractivity contribution >= 4 is 5.91 Å². The highest BCUT2D eigenvalue weighted by Crippen LogP contribution is 2.24. The van der Waals surface area contributed by atoms with E-state index in [1.54, 1.807) is 30.5 Å². The summed E-state index contributed by atoms with van der Waals surface area (Å²) in [4.78, 5) is 16.2. The summed E-state index contributed by atoms with van der Waals surface area (Å²) in [6.07, 6.45) is 3.10. The van der Waals surface area contributed by atoms with Crippen molar-refractivity contribution in [1.82, 2.24) is 15.5 Å². The first-order chi connectivity index (χ1) is 14.2. The van der Waals surface area contributed by atoms with Gasteiger partial charge < -0.3 is 14.6 Å². The summed E-state index contributed by atoms with van der Waals surface area (Å²) in [5, 5.41) is 6.60. The summed E-state index contributed by atoms with van der Waals surface area (Å²) in [5.41, 5.74) is 2.00. The Labute approximate surface area is 166 Å². The van der Waals surface area contributed by atoms with Crippen molar-refractivity contribution in [2.24, 2.45) is 0 Å². The Bertz CT molecular complexity index is 1110. The van der Waals surface area contributed by atoms with Crippen LogP contribution in [0.5, 0.6) is 11.5 Å². The van der Waals surface area contributed by atoms with Gasteiger partial charge in [-0.15, -0.1) is 0 Å². The van der Waals surface area contributed by atoms with Crippen LogP contribution < -0.4 is 10.1 Å². The maximum Gasteiger partial charge on any atom is 0.290 e. The fourth-order valence-corrected chi connectivity index (χ4v) is 2.67. The number of halogens is 1. The summed E-state index contributed by atoms with van der Waals surface area (Å²) in [6, 6.07) is 18.8. The Morgan fingerprint density at radius 3 is 2.69 bits per heavy atom.